The smallest absolute Gasteiger partial charge is 0.137 e. The Morgan fingerprint density at radius 1 is 1.24 bits per heavy atom. The van der Waals surface area contributed by atoms with Crippen LogP contribution in [0.5, 0.6) is 0 Å². The first-order valence-electron chi connectivity index (χ1n) is 5.85. The number of pyridine rings is 1. The molecule has 0 bridgehead atoms. The minimum atomic E-state index is 0.242. The van der Waals surface area contributed by atoms with E-state index in [4.69, 9.17) is 5.73 Å². The molecule has 0 unspecified atom stereocenters. The van der Waals surface area contributed by atoms with Crippen molar-refractivity contribution in [3.05, 3.63) is 42.1 Å². The summed E-state index contributed by atoms with van der Waals surface area (Å²) in [7, 11) is 0. The molecule has 3 heteroatoms. The predicted molar refractivity (Wildman–Crippen MR) is 68.7 cm³/mol. The van der Waals surface area contributed by atoms with Crippen molar-refractivity contribution in [2.24, 2.45) is 5.73 Å². The summed E-state index contributed by atoms with van der Waals surface area (Å²) in [5.74, 6) is 0.242. The van der Waals surface area contributed by atoms with Crippen molar-refractivity contribution in [3.8, 4) is 0 Å². The van der Waals surface area contributed by atoms with Crippen LogP contribution in [0, 0.1) is 0 Å². The number of Topliss-reactive ketones (excluding diaryl/α,β-unsaturated/α-hetero) is 1. The number of aromatic nitrogens is 1. The Kier molecular flexibility index (Phi) is 3.83. The molecule has 0 atom stereocenters. The minimum Gasteiger partial charge on any atom is -0.330 e. The maximum atomic E-state index is 11.7. The van der Waals surface area contributed by atoms with Gasteiger partial charge in [-0.25, -0.2) is 0 Å². The average molecular weight is 228 g/mol. The highest BCUT2D eigenvalue weighted by atomic mass is 16.1. The maximum Gasteiger partial charge on any atom is 0.137 e. The summed E-state index contributed by atoms with van der Waals surface area (Å²) in [5, 5.41) is 1.07. The van der Waals surface area contributed by atoms with Crippen LogP contribution in [0.15, 0.2) is 36.5 Å². The van der Waals surface area contributed by atoms with Gasteiger partial charge in [0, 0.05) is 24.4 Å². The van der Waals surface area contributed by atoms with Gasteiger partial charge in [0.25, 0.3) is 0 Å². The number of carbonyl (C=O) groups excluding carboxylic acids is 1. The number of nitrogens with zero attached hydrogens (tertiary/aromatic N) is 1. The van der Waals surface area contributed by atoms with Crippen LogP contribution >= 0.6 is 0 Å². The van der Waals surface area contributed by atoms with Gasteiger partial charge < -0.3 is 5.73 Å². The van der Waals surface area contributed by atoms with Gasteiger partial charge in [-0.05, 0) is 30.7 Å². The lowest BCUT2D eigenvalue weighted by Crippen LogP contribution is -2.07. The molecule has 88 valence electrons. The lowest BCUT2D eigenvalue weighted by molar-refractivity contribution is -0.118. The number of ketones is 1. The van der Waals surface area contributed by atoms with Crippen molar-refractivity contribution >= 4 is 16.7 Å². The van der Waals surface area contributed by atoms with Crippen molar-refractivity contribution < 1.29 is 4.79 Å². The summed E-state index contributed by atoms with van der Waals surface area (Å²) in [6, 6.07) is 9.81. The topological polar surface area (TPSA) is 56.0 Å². The Labute approximate surface area is 101 Å². The maximum absolute atomic E-state index is 11.7. The molecule has 0 spiro atoms. The van der Waals surface area contributed by atoms with E-state index in [2.05, 4.69) is 4.98 Å². The van der Waals surface area contributed by atoms with E-state index in [1.54, 1.807) is 6.20 Å². The molecule has 0 saturated carbocycles. The van der Waals surface area contributed by atoms with Gasteiger partial charge in [0.05, 0.1) is 5.52 Å². The van der Waals surface area contributed by atoms with E-state index in [9.17, 15) is 4.79 Å². The Hall–Kier alpha value is -1.74. The number of rotatable bonds is 5. The molecule has 0 fully saturated rings. The molecule has 2 rings (SSSR count). The lowest BCUT2D eigenvalue weighted by Gasteiger charge is -2.05. The largest absolute Gasteiger partial charge is 0.330 e. The van der Waals surface area contributed by atoms with Crippen molar-refractivity contribution in [1.29, 1.82) is 0 Å². The van der Waals surface area contributed by atoms with Gasteiger partial charge in [-0.15, -0.1) is 0 Å². The minimum absolute atomic E-state index is 0.242. The zero-order valence-corrected chi connectivity index (χ0v) is 9.73. The van der Waals surface area contributed by atoms with E-state index < -0.39 is 0 Å². The highest BCUT2D eigenvalue weighted by molar-refractivity contribution is 5.88. The highest BCUT2D eigenvalue weighted by Gasteiger charge is 2.06. The summed E-state index contributed by atoms with van der Waals surface area (Å²) in [5.41, 5.74) is 7.39. The molecular weight excluding hydrogens is 212 g/mol. The van der Waals surface area contributed by atoms with Gasteiger partial charge in [0.1, 0.15) is 5.78 Å². The van der Waals surface area contributed by atoms with Gasteiger partial charge in [0.15, 0.2) is 0 Å². The Balaban J connectivity index is 2.21. The number of hydrogen-bond donors (Lipinski definition) is 1. The number of benzene rings is 1. The number of carbonyl (C=O) groups is 1. The molecule has 1 aromatic carbocycles. The molecule has 0 aliphatic carbocycles. The van der Waals surface area contributed by atoms with Crippen LogP contribution in [-0.2, 0) is 11.2 Å². The first kappa shape index (κ1) is 11.7. The van der Waals surface area contributed by atoms with Crippen LogP contribution in [0.1, 0.15) is 18.4 Å². The summed E-state index contributed by atoms with van der Waals surface area (Å²) < 4.78 is 0. The molecule has 0 aliphatic rings. The van der Waals surface area contributed by atoms with Crippen molar-refractivity contribution in [2.75, 3.05) is 6.54 Å². The van der Waals surface area contributed by atoms with Crippen LogP contribution in [0.2, 0.25) is 0 Å². The van der Waals surface area contributed by atoms with Crippen molar-refractivity contribution in [3.63, 3.8) is 0 Å². The monoisotopic (exact) mass is 228 g/mol. The summed E-state index contributed by atoms with van der Waals surface area (Å²) in [6.45, 7) is 0.572. The fourth-order valence-electron chi connectivity index (χ4n) is 1.91. The number of para-hydroxylation sites is 1. The molecular formula is C14H16N2O. The Morgan fingerprint density at radius 3 is 2.88 bits per heavy atom. The number of nitrogens with two attached hydrogens (primary N) is 1. The van der Waals surface area contributed by atoms with Crippen LogP contribution < -0.4 is 5.73 Å². The van der Waals surface area contributed by atoms with Crippen LogP contribution in [-0.4, -0.2) is 17.3 Å². The molecule has 1 aromatic heterocycles. The zero-order chi connectivity index (χ0) is 12.1. The SMILES string of the molecule is NCCCC(=O)Cc1ccnc2ccccc12. The average Bonchev–Trinajstić information content (AvgIpc) is 2.37. The second kappa shape index (κ2) is 5.55. The van der Waals surface area contributed by atoms with E-state index in [1.807, 2.05) is 30.3 Å². The third-order valence-electron chi connectivity index (χ3n) is 2.79. The molecule has 3 nitrogen and oxygen atoms in total. The normalized spacial score (nSPS) is 10.6. The summed E-state index contributed by atoms with van der Waals surface area (Å²) in [4.78, 5) is 16.0. The van der Waals surface area contributed by atoms with Gasteiger partial charge in [-0.3, -0.25) is 9.78 Å². The van der Waals surface area contributed by atoms with E-state index in [0.29, 0.717) is 19.4 Å². The highest BCUT2D eigenvalue weighted by Crippen LogP contribution is 2.17. The van der Waals surface area contributed by atoms with E-state index in [0.717, 1.165) is 22.9 Å². The van der Waals surface area contributed by atoms with Gasteiger partial charge >= 0.3 is 0 Å². The molecule has 2 N–H and O–H groups in total. The molecule has 0 aliphatic heterocycles. The number of hydrogen-bond acceptors (Lipinski definition) is 3. The quantitative estimate of drug-likeness (QED) is 0.852. The zero-order valence-electron chi connectivity index (χ0n) is 9.73. The predicted octanol–water partition coefficient (Wildman–Crippen LogP) is 2.09. The van der Waals surface area contributed by atoms with Crippen LogP contribution in [0.25, 0.3) is 10.9 Å². The molecule has 1 heterocycles. The fraction of sp³-hybridized carbons (Fsp3) is 0.286. The third kappa shape index (κ3) is 2.88. The van der Waals surface area contributed by atoms with Crippen molar-refractivity contribution in [1.82, 2.24) is 4.98 Å². The second-order valence-electron chi connectivity index (χ2n) is 4.09. The molecule has 0 radical (unpaired) electrons. The number of fused-ring (bicyclic) bond motifs is 1. The standard InChI is InChI=1S/C14H16N2O/c15-8-3-4-12(17)10-11-7-9-16-14-6-2-1-5-13(11)14/h1-2,5-7,9H,3-4,8,10,15H2. The van der Waals surface area contributed by atoms with E-state index in [-0.39, 0.29) is 5.78 Å². The van der Waals surface area contributed by atoms with E-state index >= 15 is 0 Å². The third-order valence-corrected chi connectivity index (χ3v) is 2.79. The molecule has 17 heavy (non-hydrogen) atoms. The van der Waals surface area contributed by atoms with Crippen LogP contribution in [0.4, 0.5) is 0 Å². The van der Waals surface area contributed by atoms with Gasteiger partial charge in [0.2, 0.25) is 0 Å². The molecule has 0 saturated heterocycles. The fourth-order valence-corrected chi connectivity index (χ4v) is 1.91. The van der Waals surface area contributed by atoms with Gasteiger partial charge in [-0.1, -0.05) is 18.2 Å². The van der Waals surface area contributed by atoms with Crippen molar-refractivity contribution in [2.45, 2.75) is 19.3 Å². The summed E-state index contributed by atoms with van der Waals surface area (Å²) in [6.07, 6.45) is 3.56. The lowest BCUT2D eigenvalue weighted by atomic mass is 10.0. The summed E-state index contributed by atoms with van der Waals surface area (Å²) >= 11 is 0. The Bertz CT molecular complexity index is 517. The first-order valence-corrected chi connectivity index (χ1v) is 5.85. The molecule has 0 amide bonds. The second-order valence-corrected chi connectivity index (χ2v) is 4.09. The Morgan fingerprint density at radius 2 is 2.06 bits per heavy atom. The van der Waals surface area contributed by atoms with E-state index in [1.165, 1.54) is 0 Å². The van der Waals surface area contributed by atoms with Gasteiger partial charge in [-0.2, -0.15) is 0 Å². The molecule has 2 aromatic rings. The first-order chi connectivity index (χ1) is 8.31. The van der Waals surface area contributed by atoms with Crippen LogP contribution in [0.3, 0.4) is 0 Å².